The number of thiazole rings is 1. The molecule has 2 saturated heterocycles. The molecule has 0 saturated carbocycles. The predicted octanol–water partition coefficient (Wildman–Crippen LogP) is 1.95. The number of carbonyl (C=O) groups is 1. The fourth-order valence-corrected chi connectivity index (χ4v) is 5.25. The lowest BCUT2D eigenvalue weighted by atomic mass is 9.85. The van der Waals surface area contributed by atoms with Crippen molar-refractivity contribution in [3.63, 3.8) is 0 Å². The smallest absolute Gasteiger partial charge is 0.240 e. The number of aromatic nitrogens is 3. The molecule has 1 amide bonds. The number of nitrogens with one attached hydrogen (secondary N) is 1. The van der Waals surface area contributed by atoms with Crippen LogP contribution in [0.2, 0.25) is 0 Å². The first-order valence-electron chi connectivity index (χ1n) is 9.05. The Morgan fingerprint density at radius 3 is 2.62 bits per heavy atom. The highest BCUT2D eigenvalue weighted by atomic mass is 32.1. The highest BCUT2D eigenvalue weighted by molar-refractivity contribution is 7.15. The number of amides is 1. The fraction of sp³-hybridized carbons (Fsp3) is 0.611. The SMILES string of the molecule is Cc1nc(NC(=O)CN2[C@@H]3CC[C@H]2CC(O)(c2nccn2C)C3)sc1C. The van der Waals surface area contributed by atoms with Crippen LogP contribution in [0.5, 0.6) is 0 Å². The zero-order valence-corrected chi connectivity index (χ0v) is 16.2. The number of imidazole rings is 1. The molecule has 4 heterocycles. The van der Waals surface area contributed by atoms with Crippen LogP contribution < -0.4 is 5.32 Å². The van der Waals surface area contributed by atoms with E-state index in [9.17, 15) is 9.90 Å². The summed E-state index contributed by atoms with van der Waals surface area (Å²) in [5, 5.41) is 14.8. The van der Waals surface area contributed by atoms with E-state index in [1.165, 1.54) is 11.3 Å². The summed E-state index contributed by atoms with van der Waals surface area (Å²) < 4.78 is 1.90. The second kappa shape index (κ2) is 6.44. The minimum absolute atomic E-state index is 0.0296. The van der Waals surface area contributed by atoms with E-state index >= 15 is 0 Å². The van der Waals surface area contributed by atoms with Gasteiger partial charge in [-0.25, -0.2) is 9.97 Å². The van der Waals surface area contributed by atoms with Gasteiger partial charge in [-0.3, -0.25) is 9.69 Å². The number of piperidine rings is 1. The Morgan fingerprint density at radius 1 is 1.38 bits per heavy atom. The van der Waals surface area contributed by atoms with Gasteiger partial charge in [0.15, 0.2) is 5.13 Å². The number of hydrogen-bond acceptors (Lipinski definition) is 6. The van der Waals surface area contributed by atoms with Crippen molar-refractivity contribution >= 4 is 22.4 Å². The average molecular weight is 375 g/mol. The fourth-order valence-electron chi connectivity index (χ4n) is 4.42. The Balaban J connectivity index is 1.43. The molecule has 2 aromatic rings. The standard InChI is InChI=1S/C18H25N5O2S/c1-11-12(2)26-17(20-11)21-15(24)10-23-13-4-5-14(23)9-18(25,8-13)16-19-6-7-22(16)3/h6-7,13-14,25H,4-5,8-10H2,1-3H3,(H,20,21,24)/t13-,14+,18?. The molecule has 7 nitrogen and oxygen atoms in total. The lowest BCUT2D eigenvalue weighted by Gasteiger charge is -2.43. The summed E-state index contributed by atoms with van der Waals surface area (Å²) in [6, 6.07) is 0.418. The zero-order chi connectivity index (χ0) is 18.5. The molecule has 2 aromatic heterocycles. The van der Waals surface area contributed by atoms with Gasteiger partial charge in [0.05, 0.1) is 12.2 Å². The number of anilines is 1. The summed E-state index contributed by atoms with van der Waals surface area (Å²) in [6.45, 7) is 4.31. The van der Waals surface area contributed by atoms with Crippen molar-refractivity contribution in [1.82, 2.24) is 19.4 Å². The number of aliphatic hydroxyl groups is 1. The Morgan fingerprint density at radius 2 is 2.08 bits per heavy atom. The van der Waals surface area contributed by atoms with Gasteiger partial charge in [0.1, 0.15) is 11.4 Å². The molecule has 2 bridgehead atoms. The summed E-state index contributed by atoms with van der Waals surface area (Å²) >= 11 is 1.51. The third-order valence-electron chi connectivity index (χ3n) is 5.76. The van der Waals surface area contributed by atoms with Gasteiger partial charge >= 0.3 is 0 Å². The van der Waals surface area contributed by atoms with Crippen molar-refractivity contribution in [3.05, 3.63) is 28.8 Å². The van der Waals surface area contributed by atoms with Crippen LogP contribution in [-0.2, 0) is 17.4 Å². The summed E-state index contributed by atoms with van der Waals surface area (Å²) in [5.41, 5.74) is 0.0594. The maximum absolute atomic E-state index is 12.5. The van der Waals surface area contributed by atoms with Crippen LogP contribution in [0.1, 0.15) is 42.1 Å². The first kappa shape index (κ1) is 17.6. The number of fused-ring (bicyclic) bond motifs is 2. The minimum atomic E-state index is -0.902. The van der Waals surface area contributed by atoms with E-state index < -0.39 is 5.60 Å². The number of rotatable bonds is 4. The molecule has 2 N–H and O–H groups in total. The molecule has 0 aliphatic carbocycles. The highest BCUT2D eigenvalue weighted by Crippen LogP contribution is 2.45. The van der Waals surface area contributed by atoms with Gasteiger partial charge in [0.25, 0.3) is 0 Å². The molecule has 0 spiro atoms. The molecule has 2 aliphatic rings. The van der Waals surface area contributed by atoms with E-state index in [1.807, 2.05) is 31.7 Å². The first-order chi connectivity index (χ1) is 12.4. The summed E-state index contributed by atoms with van der Waals surface area (Å²) in [4.78, 5) is 24.6. The Labute approximate surface area is 157 Å². The summed E-state index contributed by atoms with van der Waals surface area (Å²) in [5.74, 6) is 0.699. The Hall–Kier alpha value is -1.77. The first-order valence-corrected chi connectivity index (χ1v) is 9.87. The highest BCUT2D eigenvalue weighted by Gasteiger charge is 2.50. The van der Waals surface area contributed by atoms with Crippen LogP contribution in [0.25, 0.3) is 0 Å². The molecule has 0 radical (unpaired) electrons. The van der Waals surface area contributed by atoms with Crippen LogP contribution in [0.15, 0.2) is 12.4 Å². The van der Waals surface area contributed by atoms with E-state index in [4.69, 9.17) is 0 Å². The average Bonchev–Trinajstić information content (AvgIpc) is 3.19. The minimum Gasteiger partial charge on any atom is -0.382 e. The van der Waals surface area contributed by atoms with Crippen molar-refractivity contribution in [2.24, 2.45) is 7.05 Å². The molecule has 2 aliphatic heterocycles. The molecule has 3 atom stereocenters. The van der Waals surface area contributed by atoms with Crippen molar-refractivity contribution in [3.8, 4) is 0 Å². The van der Waals surface area contributed by atoms with Gasteiger partial charge < -0.3 is 15.0 Å². The second-order valence-electron chi connectivity index (χ2n) is 7.57. The van der Waals surface area contributed by atoms with Crippen LogP contribution in [0.4, 0.5) is 5.13 Å². The molecular formula is C18H25N5O2S. The summed E-state index contributed by atoms with van der Waals surface area (Å²) in [6.07, 6.45) is 6.87. The summed E-state index contributed by atoms with van der Waals surface area (Å²) in [7, 11) is 1.92. The van der Waals surface area contributed by atoms with E-state index in [0.717, 1.165) is 29.2 Å². The normalized spacial score (nSPS) is 28.5. The topological polar surface area (TPSA) is 83.3 Å². The van der Waals surface area contributed by atoms with Gasteiger partial charge in [-0.05, 0) is 39.5 Å². The lowest BCUT2D eigenvalue weighted by molar-refractivity contribution is -0.121. The molecule has 26 heavy (non-hydrogen) atoms. The van der Waals surface area contributed by atoms with E-state index in [2.05, 4.69) is 20.2 Å². The molecule has 8 heteroatoms. The lowest BCUT2D eigenvalue weighted by Crippen LogP contribution is -2.52. The maximum Gasteiger partial charge on any atom is 0.240 e. The number of nitrogens with zero attached hydrogens (tertiary/aromatic N) is 4. The third kappa shape index (κ3) is 3.06. The van der Waals surface area contributed by atoms with Gasteiger partial charge in [-0.2, -0.15) is 0 Å². The van der Waals surface area contributed by atoms with Crippen molar-refractivity contribution in [2.75, 3.05) is 11.9 Å². The molecule has 4 rings (SSSR count). The molecule has 1 unspecified atom stereocenters. The van der Waals surface area contributed by atoms with E-state index in [0.29, 0.717) is 24.5 Å². The molecule has 0 aromatic carbocycles. The predicted molar refractivity (Wildman–Crippen MR) is 100 cm³/mol. The largest absolute Gasteiger partial charge is 0.382 e. The van der Waals surface area contributed by atoms with Gasteiger partial charge in [0, 0.05) is 36.4 Å². The van der Waals surface area contributed by atoms with Crippen LogP contribution >= 0.6 is 11.3 Å². The zero-order valence-electron chi connectivity index (χ0n) is 15.4. The van der Waals surface area contributed by atoms with E-state index in [-0.39, 0.29) is 18.0 Å². The van der Waals surface area contributed by atoms with Gasteiger partial charge in [0.2, 0.25) is 5.91 Å². The van der Waals surface area contributed by atoms with Crippen LogP contribution in [0, 0.1) is 13.8 Å². The van der Waals surface area contributed by atoms with E-state index in [1.54, 1.807) is 6.20 Å². The third-order valence-corrected chi connectivity index (χ3v) is 6.74. The monoisotopic (exact) mass is 375 g/mol. The Bertz CT molecular complexity index is 796. The molecule has 2 fully saturated rings. The number of aryl methyl sites for hydroxylation is 3. The molecular weight excluding hydrogens is 350 g/mol. The maximum atomic E-state index is 12.5. The Kier molecular flexibility index (Phi) is 4.37. The molecule has 140 valence electrons. The number of hydrogen-bond donors (Lipinski definition) is 2. The van der Waals surface area contributed by atoms with Crippen molar-refractivity contribution < 1.29 is 9.90 Å². The van der Waals surface area contributed by atoms with Crippen molar-refractivity contribution in [2.45, 2.75) is 57.2 Å². The second-order valence-corrected chi connectivity index (χ2v) is 8.77. The van der Waals surface area contributed by atoms with Gasteiger partial charge in [-0.1, -0.05) is 0 Å². The van der Waals surface area contributed by atoms with Crippen molar-refractivity contribution in [1.29, 1.82) is 0 Å². The van der Waals surface area contributed by atoms with Gasteiger partial charge in [-0.15, -0.1) is 11.3 Å². The van der Waals surface area contributed by atoms with Crippen LogP contribution in [-0.4, -0.2) is 49.1 Å². The van der Waals surface area contributed by atoms with Crippen LogP contribution in [0.3, 0.4) is 0 Å². The quantitative estimate of drug-likeness (QED) is 0.853. The number of carbonyl (C=O) groups excluding carboxylic acids is 1.